The third-order valence-corrected chi connectivity index (χ3v) is 5.36. The molecule has 0 amide bonds. The number of hydrogen-bond acceptors (Lipinski definition) is 4. The van der Waals surface area contributed by atoms with Gasteiger partial charge in [-0.15, -0.1) is 0 Å². The summed E-state index contributed by atoms with van der Waals surface area (Å²) in [5.41, 5.74) is 6.77. The van der Waals surface area contributed by atoms with Crippen LogP contribution in [0.5, 0.6) is 0 Å². The van der Waals surface area contributed by atoms with Crippen LogP contribution < -0.4 is 15.4 Å². The molecule has 1 heterocycles. The molecule has 0 saturated carbocycles. The average Bonchev–Trinajstić information content (AvgIpc) is 2.47. The molecule has 112 valence electrons. The fourth-order valence-corrected chi connectivity index (χ4v) is 3.58. The molecule has 3 N–H and O–H groups in total. The summed E-state index contributed by atoms with van der Waals surface area (Å²) in [6.07, 6.45) is 2.21. The van der Waals surface area contributed by atoms with E-state index in [-0.39, 0.29) is 0 Å². The van der Waals surface area contributed by atoms with E-state index in [1.165, 1.54) is 0 Å². The molecule has 1 aliphatic heterocycles. The quantitative estimate of drug-likeness (QED) is 0.855. The van der Waals surface area contributed by atoms with Crippen LogP contribution in [-0.4, -0.2) is 34.6 Å². The molecule has 1 aliphatic rings. The van der Waals surface area contributed by atoms with Gasteiger partial charge in [0, 0.05) is 25.3 Å². The number of anilines is 1. The van der Waals surface area contributed by atoms with E-state index in [0.717, 1.165) is 38.2 Å². The molecule has 0 radical (unpaired) electrons. The van der Waals surface area contributed by atoms with Crippen LogP contribution in [0.2, 0.25) is 0 Å². The van der Waals surface area contributed by atoms with Gasteiger partial charge in [-0.25, -0.2) is 13.1 Å². The Hall–Kier alpha value is -1.11. The largest absolute Gasteiger partial charge is 0.372 e. The average molecular weight is 297 g/mol. The van der Waals surface area contributed by atoms with Gasteiger partial charge in [0.2, 0.25) is 10.0 Å². The normalized spacial score (nSPS) is 17.4. The van der Waals surface area contributed by atoms with E-state index >= 15 is 0 Å². The molecule has 20 heavy (non-hydrogen) atoms. The standard InChI is InChI=1S/C14H23N3O2S/c1-2-16-20(18,19)14-5-3-13(4-6-14)17-9-7-12(11-15)8-10-17/h3-6,12,16H,2,7-11,15H2,1H3. The van der Waals surface area contributed by atoms with Crippen LogP contribution in [0.25, 0.3) is 0 Å². The van der Waals surface area contributed by atoms with Crippen molar-refractivity contribution in [3.63, 3.8) is 0 Å². The summed E-state index contributed by atoms with van der Waals surface area (Å²) in [7, 11) is -3.36. The van der Waals surface area contributed by atoms with E-state index in [2.05, 4.69) is 9.62 Å². The maximum absolute atomic E-state index is 11.9. The van der Waals surface area contributed by atoms with Gasteiger partial charge < -0.3 is 10.6 Å². The van der Waals surface area contributed by atoms with Gasteiger partial charge in [0.05, 0.1) is 4.90 Å². The van der Waals surface area contributed by atoms with Crippen molar-refractivity contribution in [2.75, 3.05) is 31.1 Å². The number of benzene rings is 1. The van der Waals surface area contributed by atoms with Crippen molar-refractivity contribution in [3.05, 3.63) is 24.3 Å². The van der Waals surface area contributed by atoms with Gasteiger partial charge in [0.15, 0.2) is 0 Å². The molecule has 1 aromatic rings. The van der Waals surface area contributed by atoms with Crippen LogP contribution >= 0.6 is 0 Å². The molecule has 0 aromatic heterocycles. The van der Waals surface area contributed by atoms with Gasteiger partial charge in [-0.05, 0) is 49.6 Å². The van der Waals surface area contributed by atoms with E-state index in [4.69, 9.17) is 5.73 Å². The number of nitrogens with one attached hydrogen (secondary N) is 1. The maximum atomic E-state index is 11.9. The summed E-state index contributed by atoms with van der Waals surface area (Å²) in [5.74, 6) is 0.625. The molecule has 0 unspecified atom stereocenters. The smallest absolute Gasteiger partial charge is 0.240 e. The SMILES string of the molecule is CCNS(=O)(=O)c1ccc(N2CCC(CN)CC2)cc1. The minimum Gasteiger partial charge on any atom is -0.372 e. The second-order valence-electron chi connectivity index (χ2n) is 5.16. The molecule has 1 fully saturated rings. The predicted octanol–water partition coefficient (Wildman–Crippen LogP) is 1.16. The summed E-state index contributed by atoms with van der Waals surface area (Å²) in [5, 5.41) is 0. The molecule has 0 atom stereocenters. The third kappa shape index (κ3) is 3.50. The van der Waals surface area contributed by atoms with Gasteiger partial charge in [0.25, 0.3) is 0 Å². The van der Waals surface area contributed by atoms with Crippen molar-refractivity contribution in [2.24, 2.45) is 11.7 Å². The van der Waals surface area contributed by atoms with Gasteiger partial charge in [-0.2, -0.15) is 0 Å². The number of hydrogen-bond donors (Lipinski definition) is 2. The van der Waals surface area contributed by atoms with Crippen molar-refractivity contribution in [3.8, 4) is 0 Å². The molecule has 0 aliphatic carbocycles. The van der Waals surface area contributed by atoms with E-state index in [1.54, 1.807) is 19.1 Å². The van der Waals surface area contributed by atoms with Crippen molar-refractivity contribution >= 4 is 15.7 Å². The predicted molar refractivity (Wildman–Crippen MR) is 81.3 cm³/mol. The van der Waals surface area contributed by atoms with Gasteiger partial charge in [0.1, 0.15) is 0 Å². The van der Waals surface area contributed by atoms with Gasteiger partial charge in [-0.3, -0.25) is 0 Å². The molecular weight excluding hydrogens is 274 g/mol. The minimum absolute atomic E-state index is 0.319. The Labute approximate surface area is 121 Å². The highest BCUT2D eigenvalue weighted by molar-refractivity contribution is 7.89. The Bertz CT molecular complexity index is 520. The monoisotopic (exact) mass is 297 g/mol. The van der Waals surface area contributed by atoms with Crippen LogP contribution in [0.4, 0.5) is 5.69 Å². The summed E-state index contributed by atoms with van der Waals surface area (Å²) < 4.78 is 26.2. The molecule has 6 heteroatoms. The Kier molecular flexibility index (Phi) is 5.01. The Morgan fingerprint density at radius 1 is 1.25 bits per heavy atom. The molecule has 5 nitrogen and oxygen atoms in total. The second kappa shape index (κ2) is 6.56. The number of rotatable bonds is 5. The highest BCUT2D eigenvalue weighted by Gasteiger charge is 2.19. The fourth-order valence-electron chi connectivity index (χ4n) is 2.54. The lowest BCUT2D eigenvalue weighted by molar-refractivity contribution is 0.414. The van der Waals surface area contributed by atoms with E-state index in [9.17, 15) is 8.42 Å². The van der Waals surface area contributed by atoms with Crippen LogP contribution in [-0.2, 0) is 10.0 Å². The topological polar surface area (TPSA) is 75.4 Å². The Balaban J connectivity index is 2.06. The van der Waals surface area contributed by atoms with Crippen molar-refractivity contribution in [1.82, 2.24) is 4.72 Å². The number of nitrogens with two attached hydrogens (primary N) is 1. The zero-order valence-corrected chi connectivity index (χ0v) is 12.7. The lowest BCUT2D eigenvalue weighted by atomic mass is 9.97. The van der Waals surface area contributed by atoms with Crippen molar-refractivity contribution in [1.29, 1.82) is 0 Å². The molecule has 1 aromatic carbocycles. The summed E-state index contributed by atoms with van der Waals surface area (Å²) in [6.45, 7) is 4.90. The highest BCUT2D eigenvalue weighted by atomic mass is 32.2. The van der Waals surface area contributed by atoms with E-state index < -0.39 is 10.0 Å². The third-order valence-electron chi connectivity index (χ3n) is 3.79. The maximum Gasteiger partial charge on any atom is 0.240 e. The minimum atomic E-state index is -3.36. The molecular formula is C14H23N3O2S. The molecule has 0 bridgehead atoms. The molecule has 1 saturated heterocycles. The summed E-state index contributed by atoms with van der Waals surface area (Å²) in [6, 6.07) is 7.10. The van der Waals surface area contributed by atoms with Crippen LogP contribution in [0.1, 0.15) is 19.8 Å². The van der Waals surface area contributed by atoms with E-state index in [0.29, 0.717) is 17.4 Å². The highest BCUT2D eigenvalue weighted by Crippen LogP contribution is 2.23. The van der Waals surface area contributed by atoms with Crippen LogP contribution in [0.3, 0.4) is 0 Å². The fraction of sp³-hybridized carbons (Fsp3) is 0.571. The van der Waals surface area contributed by atoms with Crippen molar-refractivity contribution in [2.45, 2.75) is 24.7 Å². The first-order chi connectivity index (χ1) is 9.56. The first kappa shape index (κ1) is 15.3. The van der Waals surface area contributed by atoms with Crippen LogP contribution in [0.15, 0.2) is 29.2 Å². The number of piperidine rings is 1. The number of nitrogens with zero attached hydrogens (tertiary/aromatic N) is 1. The lowest BCUT2D eigenvalue weighted by Gasteiger charge is -2.33. The summed E-state index contributed by atoms with van der Waals surface area (Å²) >= 11 is 0. The van der Waals surface area contributed by atoms with Crippen LogP contribution in [0, 0.1) is 5.92 Å². The lowest BCUT2D eigenvalue weighted by Crippen LogP contribution is -2.36. The zero-order chi connectivity index (χ0) is 14.6. The Morgan fingerprint density at radius 2 is 1.85 bits per heavy atom. The number of sulfonamides is 1. The second-order valence-corrected chi connectivity index (χ2v) is 6.93. The molecule has 0 spiro atoms. The van der Waals surface area contributed by atoms with E-state index in [1.807, 2.05) is 12.1 Å². The molecule has 2 rings (SSSR count). The van der Waals surface area contributed by atoms with Gasteiger partial charge in [-0.1, -0.05) is 6.92 Å². The zero-order valence-electron chi connectivity index (χ0n) is 11.9. The van der Waals surface area contributed by atoms with Crippen molar-refractivity contribution < 1.29 is 8.42 Å². The van der Waals surface area contributed by atoms with Gasteiger partial charge >= 0.3 is 0 Å². The first-order valence-corrected chi connectivity index (χ1v) is 8.60. The summed E-state index contributed by atoms with van der Waals surface area (Å²) in [4.78, 5) is 2.61. The first-order valence-electron chi connectivity index (χ1n) is 7.11. The Morgan fingerprint density at radius 3 is 2.35 bits per heavy atom.